The van der Waals surface area contributed by atoms with E-state index in [4.69, 9.17) is 4.74 Å². The van der Waals surface area contributed by atoms with E-state index in [0.29, 0.717) is 17.2 Å². The summed E-state index contributed by atoms with van der Waals surface area (Å²) in [6.07, 6.45) is 5.48. The van der Waals surface area contributed by atoms with Crippen LogP contribution in [0.1, 0.15) is 46.1 Å². The number of carbonyl (C=O) groups is 2. The smallest absolute Gasteiger partial charge is 0.341 e. The Balaban J connectivity index is 1.72. The molecule has 0 radical (unpaired) electrons. The van der Waals surface area contributed by atoms with Crippen molar-refractivity contribution in [2.45, 2.75) is 32.6 Å². The molecule has 6 nitrogen and oxygen atoms in total. The average molecular weight is 371 g/mol. The van der Waals surface area contributed by atoms with Crippen LogP contribution in [-0.2, 0) is 17.6 Å². The molecule has 1 heterocycles. The fraction of sp³-hybridized carbons (Fsp3) is 0.316. The lowest BCUT2D eigenvalue weighted by molar-refractivity contribution is 0.0526. The van der Waals surface area contributed by atoms with Gasteiger partial charge < -0.3 is 4.74 Å². The molecule has 1 aromatic carbocycles. The van der Waals surface area contributed by atoms with E-state index in [1.165, 1.54) is 11.3 Å². The van der Waals surface area contributed by atoms with E-state index in [1.807, 2.05) is 30.3 Å². The summed E-state index contributed by atoms with van der Waals surface area (Å²) in [6.45, 7) is 2.07. The minimum Gasteiger partial charge on any atom is -0.462 e. The van der Waals surface area contributed by atoms with Crippen molar-refractivity contribution in [1.82, 2.24) is 5.43 Å². The number of anilines is 1. The summed E-state index contributed by atoms with van der Waals surface area (Å²) in [7, 11) is 0. The van der Waals surface area contributed by atoms with Crippen LogP contribution in [0.25, 0.3) is 0 Å². The summed E-state index contributed by atoms with van der Waals surface area (Å²) < 4.78 is 5.18. The molecule has 136 valence electrons. The fourth-order valence-corrected chi connectivity index (χ4v) is 4.18. The third-order valence-electron chi connectivity index (χ3n) is 4.06. The zero-order chi connectivity index (χ0) is 18.4. The Labute approximate surface area is 156 Å². The number of rotatable bonds is 5. The van der Waals surface area contributed by atoms with Gasteiger partial charge in [0.15, 0.2) is 0 Å². The standard InChI is InChI=1S/C19H21N3O3S/c1-2-25-18(23)16-14-10-6-7-11-15(14)26-17(16)21-19(24)22-20-12-13-8-4-3-5-9-13/h3-5,8-9,12H,2,6-7,10-11H2,1H3,(H2,21,22,24). The van der Waals surface area contributed by atoms with Crippen LogP contribution in [0.15, 0.2) is 35.4 Å². The highest BCUT2D eigenvalue weighted by Crippen LogP contribution is 2.38. The number of aryl methyl sites for hydroxylation is 1. The molecule has 0 spiro atoms. The van der Waals surface area contributed by atoms with Gasteiger partial charge in [0.2, 0.25) is 0 Å². The Kier molecular flexibility index (Phi) is 6.01. The highest BCUT2D eigenvalue weighted by atomic mass is 32.1. The van der Waals surface area contributed by atoms with Crippen LogP contribution < -0.4 is 10.7 Å². The van der Waals surface area contributed by atoms with E-state index in [9.17, 15) is 9.59 Å². The van der Waals surface area contributed by atoms with Crippen LogP contribution in [0.3, 0.4) is 0 Å². The maximum absolute atomic E-state index is 12.4. The van der Waals surface area contributed by atoms with Gasteiger partial charge in [0.1, 0.15) is 5.00 Å². The third kappa shape index (κ3) is 4.29. The summed E-state index contributed by atoms with van der Waals surface area (Å²) in [4.78, 5) is 25.7. The topological polar surface area (TPSA) is 79.8 Å². The predicted molar refractivity (Wildman–Crippen MR) is 103 cm³/mol. The first kappa shape index (κ1) is 18.1. The summed E-state index contributed by atoms with van der Waals surface area (Å²) in [5.41, 5.74) is 4.82. The maximum Gasteiger partial charge on any atom is 0.341 e. The summed E-state index contributed by atoms with van der Waals surface area (Å²) >= 11 is 1.45. The summed E-state index contributed by atoms with van der Waals surface area (Å²) in [5.74, 6) is -0.380. The molecule has 2 aromatic rings. The molecular weight excluding hydrogens is 350 g/mol. The minimum absolute atomic E-state index is 0.302. The second-order valence-electron chi connectivity index (χ2n) is 5.87. The third-order valence-corrected chi connectivity index (χ3v) is 5.26. The number of ether oxygens (including phenoxy) is 1. The number of hydrogen-bond acceptors (Lipinski definition) is 5. The van der Waals surface area contributed by atoms with Crippen molar-refractivity contribution in [2.75, 3.05) is 11.9 Å². The summed E-state index contributed by atoms with van der Waals surface area (Å²) in [6, 6.07) is 8.98. The minimum atomic E-state index is -0.485. The van der Waals surface area contributed by atoms with Crippen molar-refractivity contribution >= 4 is 34.6 Å². The van der Waals surface area contributed by atoms with Crippen molar-refractivity contribution in [1.29, 1.82) is 0 Å². The van der Waals surface area contributed by atoms with Crippen LogP contribution in [0, 0.1) is 0 Å². The number of thiophene rings is 1. The lowest BCUT2D eigenvalue weighted by atomic mass is 9.95. The molecule has 3 rings (SSSR count). The zero-order valence-electron chi connectivity index (χ0n) is 14.6. The van der Waals surface area contributed by atoms with E-state index in [1.54, 1.807) is 13.1 Å². The lowest BCUT2D eigenvalue weighted by Gasteiger charge is -2.12. The molecule has 7 heteroatoms. The Bertz CT molecular complexity index is 815. The number of nitrogens with one attached hydrogen (secondary N) is 2. The van der Waals surface area contributed by atoms with Gasteiger partial charge in [0, 0.05) is 4.88 Å². The van der Waals surface area contributed by atoms with Crippen molar-refractivity contribution in [3.8, 4) is 0 Å². The monoisotopic (exact) mass is 371 g/mol. The molecule has 0 bridgehead atoms. The number of esters is 1. The van der Waals surface area contributed by atoms with Gasteiger partial charge in [-0.1, -0.05) is 30.3 Å². The maximum atomic E-state index is 12.4. The molecule has 2 amide bonds. The van der Waals surface area contributed by atoms with Crippen molar-refractivity contribution in [3.05, 3.63) is 51.9 Å². The Morgan fingerprint density at radius 2 is 2.00 bits per heavy atom. The van der Waals surface area contributed by atoms with E-state index in [2.05, 4.69) is 15.8 Å². The first-order valence-corrected chi connectivity index (χ1v) is 9.47. The van der Waals surface area contributed by atoms with Gasteiger partial charge in [-0.05, 0) is 43.7 Å². The first-order chi connectivity index (χ1) is 12.7. The van der Waals surface area contributed by atoms with Gasteiger partial charge in [-0.25, -0.2) is 15.0 Å². The van der Waals surface area contributed by atoms with Crippen molar-refractivity contribution in [2.24, 2.45) is 5.10 Å². The molecule has 0 fully saturated rings. The Morgan fingerprint density at radius 3 is 2.77 bits per heavy atom. The van der Waals surface area contributed by atoms with Gasteiger partial charge >= 0.3 is 12.0 Å². The number of hydrazone groups is 1. The van der Waals surface area contributed by atoms with Crippen LogP contribution in [-0.4, -0.2) is 24.8 Å². The van der Waals surface area contributed by atoms with Gasteiger partial charge in [-0.3, -0.25) is 5.32 Å². The number of benzene rings is 1. The average Bonchev–Trinajstić information content (AvgIpc) is 3.00. The van der Waals surface area contributed by atoms with Crippen LogP contribution >= 0.6 is 11.3 Å². The molecule has 1 aromatic heterocycles. The van der Waals surface area contributed by atoms with E-state index in [-0.39, 0.29) is 5.97 Å². The molecule has 0 aliphatic heterocycles. The van der Waals surface area contributed by atoms with E-state index < -0.39 is 6.03 Å². The largest absolute Gasteiger partial charge is 0.462 e. The Hall–Kier alpha value is -2.67. The highest BCUT2D eigenvalue weighted by molar-refractivity contribution is 7.17. The number of carbonyl (C=O) groups excluding carboxylic acids is 2. The van der Waals surface area contributed by atoms with Crippen LogP contribution in [0.2, 0.25) is 0 Å². The molecule has 0 saturated heterocycles. The van der Waals surface area contributed by atoms with Gasteiger partial charge in [-0.15, -0.1) is 11.3 Å². The molecule has 0 atom stereocenters. The number of amides is 2. The number of fused-ring (bicyclic) bond motifs is 1. The molecule has 2 N–H and O–H groups in total. The van der Waals surface area contributed by atoms with Gasteiger partial charge in [-0.2, -0.15) is 5.10 Å². The molecule has 0 unspecified atom stereocenters. The second kappa shape index (κ2) is 8.62. The first-order valence-electron chi connectivity index (χ1n) is 8.65. The lowest BCUT2D eigenvalue weighted by Crippen LogP contribution is -2.25. The number of urea groups is 1. The fourth-order valence-electron chi connectivity index (χ4n) is 2.91. The normalized spacial score (nSPS) is 13.3. The molecule has 26 heavy (non-hydrogen) atoms. The Morgan fingerprint density at radius 1 is 1.23 bits per heavy atom. The molecular formula is C19H21N3O3S. The van der Waals surface area contributed by atoms with E-state index in [0.717, 1.165) is 41.7 Å². The van der Waals surface area contributed by atoms with E-state index >= 15 is 0 Å². The van der Waals surface area contributed by atoms with Crippen molar-refractivity contribution in [3.63, 3.8) is 0 Å². The van der Waals surface area contributed by atoms with Crippen molar-refractivity contribution < 1.29 is 14.3 Å². The molecule has 1 aliphatic rings. The molecule has 1 aliphatic carbocycles. The predicted octanol–water partition coefficient (Wildman–Crippen LogP) is 3.96. The van der Waals surface area contributed by atoms with Crippen LogP contribution in [0.4, 0.5) is 9.80 Å². The van der Waals surface area contributed by atoms with Gasteiger partial charge in [0.05, 0.1) is 18.4 Å². The molecule has 0 saturated carbocycles. The quantitative estimate of drug-likeness (QED) is 0.474. The second-order valence-corrected chi connectivity index (χ2v) is 6.98. The van der Waals surface area contributed by atoms with Gasteiger partial charge in [0.25, 0.3) is 0 Å². The zero-order valence-corrected chi connectivity index (χ0v) is 15.4. The highest BCUT2D eigenvalue weighted by Gasteiger charge is 2.27. The SMILES string of the molecule is CCOC(=O)c1c(NC(=O)NN=Cc2ccccc2)sc2c1CCCC2. The number of nitrogens with zero attached hydrogens (tertiary/aromatic N) is 1. The number of hydrogen-bond donors (Lipinski definition) is 2. The van der Waals surface area contributed by atoms with Crippen LogP contribution in [0.5, 0.6) is 0 Å². The summed E-state index contributed by atoms with van der Waals surface area (Å²) in [5, 5.41) is 7.21.